The summed E-state index contributed by atoms with van der Waals surface area (Å²) < 4.78 is 18.7. The van der Waals surface area contributed by atoms with Gasteiger partial charge in [0.05, 0.1) is 19.3 Å². The second-order valence-corrected chi connectivity index (χ2v) is 5.82. The molecule has 5 heteroatoms. The fraction of sp³-hybridized carbons (Fsp3) is 0.438. The van der Waals surface area contributed by atoms with Crippen LogP contribution in [0.3, 0.4) is 0 Å². The first-order valence-corrected chi connectivity index (χ1v) is 7.98. The van der Waals surface area contributed by atoms with Gasteiger partial charge in [-0.2, -0.15) is 0 Å². The van der Waals surface area contributed by atoms with E-state index in [0.717, 1.165) is 6.42 Å². The number of methoxy groups -OCH3 is 1. The molecule has 1 saturated heterocycles. The molecule has 1 aliphatic heterocycles. The molecule has 0 radical (unpaired) electrons. The second kappa shape index (κ2) is 6.79. The van der Waals surface area contributed by atoms with Crippen LogP contribution in [-0.2, 0) is 4.74 Å². The predicted octanol–water partition coefficient (Wildman–Crippen LogP) is 3.99. The van der Waals surface area contributed by atoms with E-state index in [0.29, 0.717) is 23.5 Å². The van der Waals surface area contributed by atoms with E-state index in [4.69, 9.17) is 13.9 Å². The molecular weight excluding hydrogens is 383 g/mol. The second-order valence-electron chi connectivity index (χ2n) is 5.20. The molecule has 0 aromatic carbocycles. The molecule has 21 heavy (non-hydrogen) atoms. The summed E-state index contributed by atoms with van der Waals surface area (Å²) in [4.78, 5) is 12.2. The third kappa shape index (κ3) is 3.40. The van der Waals surface area contributed by atoms with Crippen LogP contribution in [-0.4, -0.2) is 13.7 Å². The Morgan fingerprint density at radius 3 is 2.71 bits per heavy atom. The number of allylic oxidation sites excluding steroid dienone is 2. The van der Waals surface area contributed by atoms with Gasteiger partial charge in [-0.1, -0.05) is 28.7 Å². The first-order chi connectivity index (χ1) is 9.97. The topological polar surface area (TPSA) is 48.7 Å². The van der Waals surface area contributed by atoms with E-state index >= 15 is 0 Å². The van der Waals surface area contributed by atoms with Gasteiger partial charge in [-0.15, -0.1) is 0 Å². The average Bonchev–Trinajstić information content (AvgIpc) is 2.93. The maximum absolute atomic E-state index is 12.2. The van der Waals surface area contributed by atoms with Crippen LogP contribution >= 0.6 is 22.6 Å². The Kier molecular flexibility index (Phi) is 5.27. The minimum absolute atomic E-state index is 0.0440. The molecule has 1 aromatic heterocycles. The minimum atomic E-state index is -0.222. The van der Waals surface area contributed by atoms with Crippen molar-refractivity contribution in [2.24, 2.45) is 0 Å². The number of hydrogen-bond donors (Lipinski definition) is 0. The maximum Gasteiger partial charge on any atom is 0.291 e. The number of ether oxygens (including phenoxy) is 2. The lowest BCUT2D eigenvalue weighted by molar-refractivity contribution is 0.0880. The monoisotopic (exact) mass is 402 g/mol. The highest BCUT2D eigenvalue weighted by atomic mass is 127. The summed E-state index contributed by atoms with van der Waals surface area (Å²) in [7, 11) is 1.50. The Labute approximate surface area is 138 Å². The summed E-state index contributed by atoms with van der Waals surface area (Å²) in [6.07, 6.45) is 2.63. The molecule has 0 unspecified atom stereocenters. The molecule has 114 valence electrons. The lowest BCUT2D eigenvalue weighted by Gasteiger charge is -2.13. The van der Waals surface area contributed by atoms with Crippen LogP contribution in [0.5, 0.6) is 5.95 Å². The molecule has 0 saturated carbocycles. The van der Waals surface area contributed by atoms with E-state index in [1.54, 1.807) is 13.8 Å². The molecule has 4 nitrogen and oxygen atoms in total. The van der Waals surface area contributed by atoms with Gasteiger partial charge in [0.1, 0.15) is 11.9 Å². The van der Waals surface area contributed by atoms with E-state index in [1.165, 1.54) is 18.3 Å². The van der Waals surface area contributed by atoms with Crippen LogP contribution in [0.2, 0.25) is 0 Å². The SMILES string of the molecule is COc1oc([C@H]2C/C(=C/C(C)=C/I)CO2)c(C)c(=O)c1C. The average molecular weight is 402 g/mol. The highest BCUT2D eigenvalue weighted by Gasteiger charge is 2.28. The van der Waals surface area contributed by atoms with Crippen LogP contribution in [0.25, 0.3) is 0 Å². The number of rotatable bonds is 3. The third-order valence-corrected chi connectivity index (χ3v) is 4.54. The van der Waals surface area contributed by atoms with E-state index in [9.17, 15) is 4.79 Å². The fourth-order valence-electron chi connectivity index (χ4n) is 2.43. The van der Waals surface area contributed by atoms with Crippen molar-refractivity contribution in [1.82, 2.24) is 0 Å². The molecule has 1 aliphatic rings. The molecule has 0 bridgehead atoms. The van der Waals surface area contributed by atoms with Gasteiger partial charge in [0.25, 0.3) is 5.95 Å². The smallest absolute Gasteiger partial charge is 0.291 e. The largest absolute Gasteiger partial charge is 0.468 e. The molecule has 1 fully saturated rings. The van der Waals surface area contributed by atoms with Gasteiger partial charge >= 0.3 is 0 Å². The Morgan fingerprint density at radius 1 is 1.38 bits per heavy atom. The van der Waals surface area contributed by atoms with Gasteiger partial charge in [-0.3, -0.25) is 4.79 Å². The lowest BCUT2D eigenvalue weighted by atomic mass is 10.0. The van der Waals surface area contributed by atoms with Crippen molar-refractivity contribution in [3.63, 3.8) is 0 Å². The molecule has 2 rings (SSSR count). The van der Waals surface area contributed by atoms with Crippen LogP contribution in [0.4, 0.5) is 0 Å². The summed E-state index contributed by atoms with van der Waals surface area (Å²) in [5.74, 6) is 0.840. The van der Waals surface area contributed by atoms with Gasteiger partial charge in [-0.25, -0.2) is 0 Å². The maximum atomic E-state index is 12.2. The van der Waals surface area contributed by atoms with Gasteiger partial charge in [0.2, 0.25) is 0 Å². The molecule has 2 heterocycles. The first-order valence-electron chi connectivity index (χ1n) is 6.74. The molecule has 0 N–H and O–H groups in total. The van der Waals surface area contributed by atoms with E-state index in [1.807, 2.05) is 11.0 Å². The van der Waals surface area contributed by atoms with Gasteiger partial charge in [-0.05, 0) is 36.0 Å². The molecule has 1 atom stereocenters. The van der Waals surface area contributed by atoms with Crippen molar-refractivity contribution in [3.8, 4) is 5.95 Å². The Morgan fingerprint density at radius 2 is 2.10 bits per heavy atom. The van der Waals surface area contributed by atoms with Gasteiger partial charge in [0, 0.05) is 12.0 Å². The number of halogens is 1. The van der Waals surface area contributed by atoms with E-state index < -0.39 is 0 Å². The normalized spacial score (nSPS) is 21.1. The summed E-state index contributed by atoms with van der Waals surface area (Å²) in [6.45, 7) is 6.09. The molecule has 1 aromatic rings. The van der Waals surface area contributed by atoms with E-state index in [-0.39, 0.29) is 17.5 Å². The van der Waals surface area contributed by atoms with Crippen molar-refractivity contribution in [3.05, 3.63) is 48.4 Å². The van der Waals surface area contributed by atoms with Crippen LogP contribution < -0.4 is 10.2 Å². The third-order valence-electron chi connectivity index (χ3n) is 3.56. The summed E-state index contributed by atoms with van der Waals surface area (Å²) in [6, 6.07) is 0. The summed E-state index contributed by atoms with van der Waals surface area (Å²) >= 11 is 2.22. The van der Waals surface area contributed by atoms with Crippen LogP contribution in [0.1, 0.15) is 36.3 Å². The molecule has 0 spiro atoms. The quantitative estimate of drug-likeness (QED) is 0.718. The molecular formula is C16H19IO4. The van der Waals surface area contributed by atoms with E-state index in [2.05, 4.69) is 28.7 Å². The van der Waals surface area contributed by atoms with Crippen molar-refractivity contribution in [1.29, 1.82) is 0 Å². The molecule has 0 aliphatic carbocycles. The van der Waals surface area contributed by atoms with Gasteiger partial charge in [0.15, 0.2) is 5.43 Å². The first kappa shape index (κ1) is 16.3. The summed E-state index contributed by atoms with van der Waals surface area (Å²) in [5.41, 5.74) is 3.44. The fourth-order valence-corrected chi connectivity index (χ4v) is 2.61. The summed E-state index contributed by atoms with van der Waals surface area (Å²) in [5, 5.41) is 0. The van der Waals surface area contributed by atoms with Crippen LogP contribution in [0, 0.1) is 13.8 Å². The number of hydrogen-bond acceptors (Lipinski definition) is 4. The highest BCUT2D eigenvalue weighted by Crippen LogP contribution is 2.35. The zero-order chi connectivity index (χ0) is 15.6. The van der Waals surface area contributed by atoms with Crippen LogP contribution in [0.15, 0.2) is 30.5 Å². The predicted molar refractivity (Wildman–Crippen MR) is 90.2 cm³/mol. The zero-order valence-electron chi connectivity index (χ0n) is 12.7. The minimum Gasteiger partial charge on any atom is -0.468 e. The van der Waals surface area contributed by atoms with Gasteiger partial charge < -0.3 is 13.9 Å². The highest BCUT2D eigenvalue weighted by molar-refractivity contribution is 14.1. The Balaban J connectivity index is 2.35. The van der Waals surface area contributed by atoms with Crippen molar-refractivity contribution < 1.29 is 13.9 Å². The Hall–Kier alpha value is -1.08. The zero-order valence-corrected chi connectivity index (χ0v) is 14.8. The standard InChI is InChI=1S/C16H19IO4/c1-9(7-17)5-12-6-13(20-8-12)15-10(2)14(18)11(3)16(19-4)21-15/h5,7,13H,6,8H2,1-4H3/b9-7+,12-5-/t13-/m1/s1. The van der Waals surface area contributed by atoms with Crippen molar-refractivity contribution in [2.45, 2.75) is 33.3 Å². The van der Waals surface area contributed by atoms with Crippen molar-refractivity contribution in [2.75, 3.05) is 13.7 Å². The van der Waals surface area contributed by atoms with Crippen molar-refractivity contribution >= 4 is 22.6 Å². The Bertz CT molecular complexity index is 655. The molecule has 0 amide bonds. The lowest BCUT2D eigenvalue weighted by Crippen LogP contribution is -2.15.